The van der Waals surface area contributed by atoms with Gasteiger partial charge in [0.05, 0.1) is 14.2 Å². The number of carbonyl (C=O) groups excluding carboxylic acids is 4. The van der Waals surface area contributed by atoms with E-state index in [4.69, 9.17) is 14.2 Å². The summed E-state index contributed by atoms with van der Waals surface area (Å²) in [5, 5.41) is 2.99. The summed E-state index contributed by atoms with van der Waals surface area (Å²) in [5.74, 6) is 1.16. The van der Waals surface area contributed by atoms with E-state index in [9.17, 15) is 19.2 Å². The minimum absolute atomic E-state index is 0.0900. The molecule has 0 bridgehead atoms. The van der Waals surface area contributed by atoms with Crippen LogP contribution < -0.4 is 14.8 Å². The van der Waals surface area contributed by atoms with E-state index < -0.39 is 35.2 Å². The number of nitrogens with one attached hydrogen (secondary N) is 1. The molecule has 0 unspecified atom stereocenters. The van der Waals surface area contributed by atoms with Crippen molar-refractivity contribution in [3.8, 4) is 11.5 Å². The van der Waals surface area contributed by atoms with E-state index in [-0.39, 0.29) is 5.91 Å². The molecule has 2 amide bonds. The van der Waals surface area contributed by atoms with E-state index in [0.29, 0.717) is 68.0 Å². The predicted octanol–water partition coefficient (Wildman–Crippen LogP) is 6.58. The zero-order valence-electron chi connectivity index (χ0n) is 30.0. The van der Waals surface area contributed by atoms with Crippen molar-refractivity contribution in [2.45, 2.75) is 77.9 Å². The summed E-state index contributed by atoms with van der Waals surface area (Å²) in [4.78, 5) is 56.7. The van der Waals surface area contributed by atoms with Crippen molar-refractivity contribution in [1.82, 2.24) is 9.80 Å². The van der Waals surface area contributed by atoms with Gasteiger partial charge in [0, 0.05) is 42.1 Å². The van der Waals surface area contributed by atoms with Crippen LogP contribution in [0.25, 0.3) is 0 Å². The molecule has 2 aromatic carbocycles. The molecular weight excluding hydrogens is 663 g/mol. The molecule has 1 aliphatic heterocycles. The average Bonchev–Trinajstić information content (AvgIpc) is 3.10. The number of nitrogens with zero attached hydrogens (tertiary/aromatic N) is 2. The Balaban J connectivity index is 1.79. The lowest BCUT2D eigenvalue weighted by Crippen LogP contribution is -2.53. The number of hydrogen-bond acceptors (Lipinski definition) is 10. The number of benzene rings is 2. The van der Waals surface area contributed by atoms with Crippen LogP contribution >= 0.6 is 21.6 Å². The Hall–Kier alpha value is -3.22. The fraction of sp³-hybridized carbons (Fsp3) is 0.568. The topological polar surface area (TPSA) is 114 Å². The molecule has 270 valence electrons. The lowest BCUT2D eigenvalue weighted by Gasteiger charge is -2.36. The van der Waals surface area contributed by atoms with E-state index in [1.54, 1.807) is 49.7 Å². The number of aryl methyl sites for hydroxylation is 1. The van der Waals surface area contributed by atoms with Crippen molar-refractivity contribution in [3.63, 3.8) is 0 Å². The molecule has 1 aliphatic rings. The lowest BCUT2D eigenvalue weighted by molar-refractivity contribution is -0.164. The van der Waals surface area contributed by atoms with Gasteiger partial charge in [0.15, 0.2) is 11.5 Å². The number of piperidine rings is 1. The monoisotopic (exact) mass is 715 g/mol. The van der Waals surface area contributed by atoms with E-state index in [0.717, 1.165) is 29.8 Å². The van der Waals surface area contributed by atoms with Gasteiger partial charge in [-0.15, -0.1) is 0 Å². The lowest BCUT2D eigenvalue weighted by atomic mass is 9.84. The van der Waals surface area contributed by atoms with Gasteiger partial charge in [0.2, 0.25) is 11.7 Å². The Bertz CT molecular complexity index is 1420. The van der Waals surface area contributed by atoms with Gasteiger partial charge in [-0.05, 0) is 88.0 Å². The molecule has 3 rings (SSSR count). The number of amides is 2. The van der Waals surface area contributed by atoms with Crippen molar-refractivity contribution in [1.29, 1.82) is 0 Å². The third kappa shape index (κ3) is 12.3. The number of rotatable bonds is 19. The van der Waals surface area contributed by atoms with Crippen LogP contribution in [0.1, 0.15) is 76.5 Å². The minimum atomic E-state index is -0.850. The van der Waals surface area contributed by atoms with Crippen LogP contribution in [0.2, 0.25) is 0 Å². The molecule has 0 radical (unpaired) electrons. The molecule has 10 nitrogen and oxygen atoms in total. The molecule has 0 aromatic heterocycles. The molecule has 0 spiro atoms. The third-order valence-corrected chi connectivity index (χ3v) is 11.2. The first-order valence-electron chi connectivity index (χ1n) is 17.0. The maximum atomic E-state index is 13.9. The van der Waals surface area contributed by atoms with E-state index in [2.05, 4.69) is 10.2 Å². The number of Topliss-reactive ketones (excluding diaryl/α,β-unsaturated/α-hetero) is 1. The number of ether oxygens (including phenoxy) is 3. The highest BCUT2D eigenvalue weighted by atomic mass is 33.1. The fourth-order valence-electron chi connectivity index (χ4n) is 5.36. The molecule has 1 fully saturated rings. The highest BCUT2D eigenvalue weighted by Gasteiger charge is 2.41. The van der Waals surface area contributed by atoms with Crippen LogP contribution in [-0.2, 0) is 30.3 Å². The van der Waals surface area contributed by atoms with Crippen LogP contribution in [0.3, 0.4) is 0 Å². The molecule has 1 saturated heterocycles. The smallest absolute Gasteiger partial charge is 0.329 e. The highest BCUT2D eigenvalue weighted by molar-refractivity contribution is 8.76. The Kier molecular flexibility index (Phi) is 16.3. The Morgan fingerprint density at radius 2 is 1.73 bits per heavy atom. The zero-order valence-corrected chi connectivity index (χ0v) is 31.7. The Morgan fingerprint density at radius 1 is 1.00 bits per heavy atom. The van der Waals surface area contributed by atoms with Gasteiger partial charge in [-0.1, -0.05) is 60.6 Å². The number of anilines is 1. The molecule has 1 N–H and O–H groups in total. The van der Waals surface area contributed by atoms with E-state index in [1.165, 1.54) is 4.90 Å². The zero-order chi connectivity index (χ0) is 36.0. The van der Waals surface area contributed by atoms with Gasteiger partial charge in [0.1, 0.15) is 12.1 Å². The van der Waals surface area contributed by atoms with Crippen LogP contribution in [0, 0.1) is 5.41 Å². The number of carbonyl (C=O) groups is 4. The van der Waals surface area contributed by atoms with Gasteiger partial charge in [0.25, 0.3) is 5.91 Å². The largest absolute Gasteiger partial charge is 0.493 e. The van der Waals surface area contributed by atoms with Crippen LogP contribution in [0.4, 0.5) is 5.69 Å². The third-order valence-electron chi connectivity index (χ3n) is 8.79. The summed E-state index contributed by atoms with van der Waals surface area (Å²) in [7, 11) is 10.7. The quantitative estimate of drug-likeness (QED) is 0.0741. The first-order valence-corrected chi connectivity index (χ1v) is 19.4. The predicted molar refractivity (Wildman–Crippen MR) is 198 cm³/mol. The van der Waals surface area contributed by atoms with Crippen LogP contribution in [0.5, 0.6) is 11.5 Å². The Labute approximate surface area is 299 Å². The van der Waals surface area contributed by atoms with Gasteiger partial charge >= 0.3 is 5.97 Å². The second-order valence-corrected chi connectivity index (χ2v) is 15.8. The maximum absolute atomic E-state index is 13.9. The molecule has 2 aromatic rings. The summed E-state index contributed by atoms with van der Waals surface area (Å²) >= 11 is 0. The maximum Gasteiger partial charge on any atom is 0.329 e. The summed E-state index contributed by atoms with van der Waals surface area (Å²) in [6.45, 7) is 6.70. The SMILES string of the molecule is CCC(C)(C)C(=O)C(=O)N1CCCC[C@H]1C(=O)O[C@H](CCc1ccc(OC)c(OC)c1)c1cccc(NC(=O)CCSSCCN(C)C)c1. The Morgan fingerprint density at radius 3 is 2.43 bits per heavy atom. The molecule has 0 saturated carbocycles. The summed E-state index contributed by atoms with van der Waals surface area (Å²) < 4.78 is 17.1. The van der Waals surface area contributed by atoms with Crippen LogP contribution in [-0.4, -0.2) is 92.3 Å². The summed E-state index contributed by atoms with van der Waals surface area (Å²) in [5.41, 5.74) is 1.48. The minimum Gasteiger partial charge on any atom is -0.493 e. The number of esters is 1. The molecule has 49 heavy (non-hydrogen) atoms. The molecule has 1 heterocycles. The van der Waals surface area contributed by atoms with Crippen molar-refractivity contribution in [2.24, 2.45) is 5.41 Å². The van der Waals surface area contributed by atoms with Crippen LogP contribution in [0.15, 0.2) is 42.5 Å². The molecular formula is C37H53N3O7S2. The normalized spacial score (nSPS) is 15.4. The van der Waals surface area contributed by atoms with E-state index >= 15 is 0 Å². The fourth-order valence-corrected chi connectivity index (χ4v) is 7.48. The molecule has 2 atom stereocenters. The highest BCUT2D eigenvalue weighted by Crippen LogP contribution is 2.32. The van der Waals surface area contributed by atoms with Crippen molar-refractivity contribution >= 4 is 50.8 Å². The number of hydrogen-bond donors (Lipinski definition) is 1. The number of ketones is 1. The average molecular weight is 716 g/mol. The number of likely N-dealkylation sites (tertiary alicyclic amines) is 1. The van der Waals surface area contributed by atoms with Crippen molar-refractivity contribution in [2.75, 3.05) is 58.2 Å². The first kappa shape index (κ1) is 40.2. The van der Waals surface area contributed by atoms with Gasteiger partial charge in [-0.2, -0.15) is 0 Å². The van der Waals surface area contributed by atoms with E-state index in [1.807, 2.05) is 63.5 Å². The second-order valence-electron chi connectivity index (χ2n) is 13.1. The van der Waals surface area contributed by atoms with Gasteiger partial charge in [-0.3, -0.25) is 14.4 Å². The second kappa shape index (κ2) is 19.8. The van der Waals surface area contributed by atoms with Crippen molar-refractivity contribution < 1.29 is 33.4 Å². The molecule has 12 heteroatoms. The summed E-state index contributed by atoms with van der Waals surface area (Å²) in [6, 6.07) is 12.2. The van der Waals surface area contributed by atoms with Gasteiger partial charge in [-0.25, -0.2) is 4.79 Å². The first-order chi connectivity index (χ1) is 23.4. The van der Waals surface area contributed by atoms with Gasteiger partial charge < -0.3 is 29.3 Å². The molecule has 0 aliphatic carbocycles. The standard InChI is InChI=1S/C37H53N3O7S2/c1-8-37(2,3)34(42)35(43)40-20-10-9-14-29(40)36(44)47-30(17-15-26-16-18-31(45-6)32(24-26)46-7)27-12-11-13-28(25-27)38-33(41)19-22-48-49-23-21-39(4)5/h11-13,16,18,24-25,29-30H,8-10,14-15,17,19-23H2,1-7H3,(H,38,41)/t29-,30+/m0/s1. The summed E-state index contributed by atoms with van der Waals surface area (Å²) in [6.07, 6.45) is 3.08. The number of methoxy groups -OCH3 is 2. The van der Waals surface area contributed by atoms with Crippen molar-refractivity contribution in [3.05, 3.63) is 53.6 Å².